The second-order valence-corrected chi connectivity index (χ2v) is 4.46. The highest BCUT2D eigenvalue weighted by Gasteiger charge is 2.13. The number of halogens is 1. The van der Waals surface area contributed by atoms with E-state index in [0.29, 0.717) is 0 Å². The minimum absolute atomic E-state index is 0.735. The third-order valence-electron chi connectivity index (χ3n) is 1.64. The minimum Gasteiger partial charge on any atom is -0.381 e. The first-order valence-corrected chi connectivity index (χ1v) is 5.24. The number of rotatable bonds is 3. The molecule has 11 heavy (non-hydrogen) atoms. The number of hydrogen-bond donors (Lipinski definition) is 0. The third kappa shape index (κ3) is 4.04. The van der Waals surface area contributed by atoms with Crippen LogP contribution in [0.5, 0.6) is 0 Å². The lowest BCUT2D eigenvalue weighted by Crippen LogP contribution is -2.17. The maximum absolute atomic E-state index is 5.65. The van der Waals surface area contributed by atoms with E-state index in [2.05, 4.69) is 6.58 Å². The fourth-order valence-corrected chi connectivity index (χ4v) is 2.18. The predicted octanol–water partition coefficient (Wildman–Crippen LogP) is 2.65. The van der Waals surface area contributed by atoms with E-state index in [-0.39, 0.29) is 0 Å². The van der Waals surface area contributed by atoms with Gasteiger partial charge in [0.15, 0.2) is 0 Å². The van der Waals surface area contributed by atoms with Gasteiger partial charge in [-0.05, 0) is 12.8 Å². The molecule has 0 unspecified atom stereocenters. The molecule has 1 rings (SSSR count). The van der Waals surface area contributed by atoms with Gasteiger partial charge < -0.3 is 4.74 Å². The molecule has 64 valence electrons. The Labute approximate surface area is 77.1 Å². The Hall–Kier alpha value is 0.340. The topological polar surface area (TPSA) is 9.23 Å². The third-order valence-corrected chi connectivity index (χ3v) is 3.39. The van der Waals surface area contributed by atoms with E-state index < -0.39 is 0 Å². The van der Waals surface area contributed by atoms with Crippen molar-refractivity contribution in [1.29, 1.82) is 0 Å². The predicted molar refractivity (Wildman–Crippen MR) is 51.3 cm³/mol. The summed E-state index contributed by atoms with van der Waals surface area (Å²) in [6.07, 6.45) is 2.32. The zero-order valence-electron chi connectivity index (χ0n) is 6.51. The van der Waals surface area contributed by atoms with Gasteiger partial charge in [0.1, 0.15) is 0 Å². The fourth-order valence-electron chi connectivity index (χ4n) is 1.05. The van der Waals surface area contributed by atoms with Crippen molar-refractivity contribution in [1.82, 2.24) is 0 Å². The van der Waals surface area contributed by atoms with Crippen LogP contribution in [0.2, 0.25) is 0 Å². The van der Waals surface area contributed by atoms with Crippen molar-refractivity contribution in [3.05, 3.63) is 11.6 Å². The van der Waals surface area contributed by atoms with Crippen molar-refractivity contribution < 1.29 is 4.74 Å². The molecule has 1 saturated heterocycles. The molecule has 0 N–H and O–H groups in total. The van der Waals surface area contributed by atoms with Crippen molar-refractivity contribution in [2.45, 2.75) is 18.1 Å². The molecule has 1 nitrogen and oxygen atoms in total. The molecule has 0 saturated carbocycles. The Morgan fingerprint density at radius 3 is 2.73 bits per heavy atom. The quantitative estimate of drug-likeness (QED) is 0.680. The van der Waals surface area contributed by atoms with Gasteiger partial charge in [0.05, 0.1) is 0 Å². The average Bonchev–Trinajstić information content (AvgIpc) is 2.03. The minimum atomic E-state index is 0.735. The van der Waals surface area contributed by atoms with E-state index in [0.717, 1.165) is 42.1 Å². The van der Waals surface area contributed by atoms with Crippen molar-refractivity contribution in [2.24, 2.45) is 0 Å². The zero-order valence-corrected chi connectivity index (χ0v) is 8.09. The molecule has 0 radical (unpaired) electrons. The van der Waals surface area contributed by atoms with Crippen LogP contribution < -0.4 is 0 Å². The van der Waals surface area contributed by atoms with Crippen LogP contribution in [0.3, 0.4) is 0 Å². The van der Waals surface area contributed by atoms with E-state index in [1.54, 1.807) is 0 Å². The highest BCUT2D eigenvalue weighted by atomic mass is 35.5. The molecule has 1 fully saturated rings. The van der Waals surface area contributed by atoms with Gasteiger partial charge in [-0.1, -0.05) is 18.2 Å². The summed E-state index contributed by atoms with van der Waals surface area (Å²) in [7, 11) is 0. The van der Waals surface area contributed by atoms with Crippen molar-refractivity contribution in [3.8, 4) is 0 Å². The van der Waals surface area contributed by atoms with E-state index in [1.165, 1.54) is 0 Å². The van der Waals surface area contributed by atoms with Crippen LogP contribution in [-0.2, 0) is 4.74 Å². The van der Waals surface area contributed by atoms with Gasteiger partial charge in [0.25, 0.3) is 0 Å². The standard InChI is InChI=1S/C8H13ClOS/c1-7(9)6-11-8-2-4-10-5-3-8/h8H,1-6H2. The SMILES string of the molecule is C=C(Cl)CSC1CCOCC1. The van der Waals surface area contributed by atoms with E-state index in [1.807, 2.05) is 11.8 Å². The van der Waals surface area contributed by atoms with Gasteiger partial charge in [-0.25, -0.2) is 0 Å². The largest absolute Gasteiger partial charge is 0.381 e. The molecule has 0 bridgehead atoms. The summed E-state index contributed by atoms with van der Waals surface area (Å²) >= 11 is 7.54. The zero-order chi connectivity index (χ0) is 8.10. The number of thioether (sulfide) groups is 1. The van der Waals surface area contributed by atoms with Crippen LogP contribution >= 0.6 is 23.4 Å². The first kappa shape index (κ1) is 9.43. The van der Waals surface area contributed by atoms with Gasteiger partial charge in [0.2, 0.25) is 0 Å². The lowest BCUT2D eigenvalue weighted by Gasteiger charge is -2.20. The highest BCUT2D eigenvalue weighted by molar-refractivity contribution is 8.00. The maximum Gasteiger partial charge on any atom is 0.0476 e. The molecule has 0 aromatic carbocycles. The van der Waals surface area contributed by atoms with E-state index in [9.17, 15) is 0 Å². The lowest BCUT2D eigenvalue weighted by molar-refractivity contribution is 0.100. The van der Waals surface area contributed by atoms with Crippen LogP contribution in [0.15, 0.2) is 11.6 Å². The molecule has 1 aliphatic rings. The summed E-state index contributed by atoms with van der Waals surface area (Å²) in [5.74, 6) is 0.881. The summed E-state index contributed by atoms with van der Waals surface area (Å²) in [5.41, 5.74) is 0. The maximum atomic E-state index is 5.65. The first-order chi connectivity index (χ1) is 5.29. The van der Waals surface area contributed by atoms with Gasteiger partial charge in [-0.15, -0.1) is 0 Å². The van der Waals surface area contributed by atoms with Crippen molar-refractivity contribution in [2.75, 3.05) is 19.0 Å². The number of ether oxygens (including phenoxy) is 1. The molecular formula is C8H13ClOS. The Morgan fingerprint density at radius 2 is 2.18 bits per heavy atom. The molecule has 0 aromatic rings. The van der Waals surface area contributed by atoms with Crippen LogP contribution in [-0.4, -0.2) is 24.2 Å². The number of hydrogen-bond acceptors (Lipinski definition) is 2. The lowest BCUT2D eigenvalue weighted by atomic mass is 10.2. The van der Waals surface area contributed by atoms with Crippen LogP contribution in [0.25, 0.3) is 0 Å². The Bertz CT molecular complexity index is 132. The molecule has 0 amide bonds. The van der Waals surface area contributed by atoms with Gasteiger partial charge >= 0.3 is 0 Å². The molecule has 1 aliphatic heterocycles. The molecule has 0 atom stereocenters. The molecule has 0 spiro atoms. The summed E-state index contributed by atoms with van der Waals surface area (Å²) in [4.78, 5) is 0. The molecule has 3 heteroatoms. The van der Waals surface area contributed by atoms with Crippen LogP contribution in [0.1, 0.15) is 12.8 Å². The van der Waals surface area contributed by atoms with Gasteiger partial charge in [-0.3, -0.25) is 0 Å². The smallest absolute Gasteiger partial charge is 0.0476 e. The van der Waals surface area contributed by atoms with E-state index >= 15 is 0 Å². The Kier molecular flexibility index (Phi) is 4.34. The Morgan fingerprint density at radius 1 is 1.55 bits per heavy atom. The summed E-state index contributed by atoms with van der Waals surface area (Å²) in [5, 5.41) is 1.49. The van der Waals surface area contributed by atoms with Crippen LogP contribution in [0.4, 0.5) is 0 Å². The van der Waals surface area contributed by atoms with Crippen molar-refractivity contribution in [3.63, 3.8) is 0 Å². The summed E-state index contributed by atoms with van der Waals surface area (Å²) in [6.45, 7) is 5.47. The van der Waals surface area contributed by atoms with Gasteiger partial charge in [0, 0.05) is 29.2 Å². The highest BCUT2D eigenvalue weighted by Crippen LogP contribution is 2.24. The summed E-state index contributed by atoms with van der Waals surface area (Å²) < 4.78 is 5.24. The second-order valence-electron chi connectivity index (χ2n) is 2.64. The Balaban J connectivity index is 2.09. The average molecular weight is 193 g/mol. The fraction of sp³-hybridized carbons (Fsp3) is 0.750. The first-order valence-electron chi connectivity index (χ1n) is 3.81. The van der Waals surface area contributed by atoms with E-state index in [4.69, 9.17) is 16.3 Å². The summed E-state index contributed by atoms with van der Waals surface area (Å²) in [6, 6.07) is 0. The molecule has 1 heterocycles. The monoisotopic (exact) mass is 192 g/mol. The second kappa shape index (κ2) is 5.07. The normalized spacial score (nSPS) is 20.1. The van der Waals surface area contributed by atoms with Crippen molar-refractivity contribution >= 4 is 23.4 Å². The van der Waals surface area contributed by atoms with Crippen LogP contribution in [0, 0.1) is 0 Å². The molecule has 0 aliphatic carbocycles. The molecular weight excluding hydrogens is 180 g/mol. The molecule has 0 aromatic heterocycles. The van der Waals surface area contributed by atoms with Gasteiger partial charge in [-0.2, -0.15) is 11.8 Å².